The van der Waals surface area contributed by atoms with E-state index >= 15 is 0 Å². The average Bonchev–Trinajstić information content (AvgIpc) is 3.60. The first-order valence-corrected chi connectivity index (χ1v) is 15.8. The molecule has 2 aromatic rings. The molecule has 2 N–H and O–H groups in total. The third kappa shape index (κ3) is 4.84. The number of hydrogen-bond acceptors (Lipinski definition) is 7. The lowest BCUT2D eigenvalue weighted by Gasteiger charge is -2.48. The van der Waals surface area contributed by atoms with Crippen LogP contribution in [0.25, 0.3) is 4.85 Å². The Morgan fingerprint density at radius 3 is 2.43 bits per heavy atom. The van der Waals surface area contributed by atoms with Crippen molar-refractivity contribution < 1.29 is 24.0 Å². The first-order valence-electron chi connectivity index (χ1n) is 15.8. The van der Waals surface area contributed by atoms with E-state index in [1.807, 2.05) is 13.8 Å². The predicted octanol–water partition coefficient (Wildman–Crippen LogP) is 2.39. The number of imide groups is 2. The zero-order valence-electron chi connectivity index (χ0n) is 25.9. The molecule has 6 aliphatic rings. The van der Waals surface area contributed by atoms with Gasteiger partial charge in [-0.2, -0.15) is 5.10 Å². The molecule has 2 saturated heterocycles. The van der Waals surface area contributed by atoms with Gasteiger partial charge in [-0.1, -0.05) is 11.8 Å². The second-order valence-corrected chi connectivity index (χ2v) is 13.9. The van der Waals surface area contributed by atoms with Crippen LogP contribution < -0.4 is 15.5 Å². The number of piperidine rings is 1. The summed E-state index contributed by atoms with van der Waals surface area (Å²) in [4.78, 5) is 70.4. The number of fused-ring (bicyclic) bond motifs is 4. The molecule has 1 atom stereocenters. The molecule has 1 unspecified atom stereocenters. The highest BCUT2D eigenvalue weighted by atomic mass is 16.2. The minimum absolute atomic E-state index is 0.0754. The third-order valence-corrected chi connectivity index (χ3v) is 10.6. The SMILES string of the molecule is [C-]#[N+]C12CCC(NC(=O)C(C)(C)n3cc(C#CC4CN(c5ccc6c(c5)C(=O)N(C5CCC(=O)NC5=O)C6=O)C4)cn3)(CC1)CC2. The Kier molecular flexibility index (Phi) is 6.82. The second-order valence-electron chi connectivity index (χ2n) is 13.9. The number of nitrogens with one attached hydrogen (secondary N) is 2. The number of carbonyl (C=O) groups excluding carboxylic acids is 5. The molecule has 236 valence electrons. The van der Waals surface area contributed by atoms with Crippen molar-refractivity contribution in [2.75, 3.05) is 18.0 Å². The van der Waals surface area contributed by atoms with E-state index in [0.717, 1.165) is 49.1 Å². The summed E-state index contributed by atoms with van der Waals surface area (Å²) in [6, 6.07) is 4.10. The highest BCUT2D eigenvalue weighted by molar-refractivity contribution is 6.23. The Bertz CT molecular complexity index is 1780. The van der Waals surface area contributed by atoms with E-state index in [1.165, 1.54) is 0 Å². The number of aromatic nitrogens is 2. The van der Waals surface area contributed by atoms with Crippen LogP contribution in [0.4, 0.5) is 5.69 Å². The molecule has 46 heavy (non-hydrogen) atoms. The van der Waals surface area contributed by atoms with Gasteiger partial charge in [0, 0.05) is 56.2 Å². The molecule has 3 aliphatic carbocycles. The van der Waals surface area contributed by atoms with Crippen molar-refractivity contribution in [2.45, 2.75) is 87.9 Å². The molecule has 0 spiro atoms. The van der Waals surface area contributed by atoms with Crippen molar-refractivity contribution in [3.63, 3.8) is 0 Å². The zero-order chi connectivity index (χ0) is 32.4. The molecule has 1 aromatic heterocycles. The summed E-state index contributed by atoms with van der Waals surface area (Å²) in [7, 11) is 0. The van der Waals surface area contributed by atoms with Gasteiger partial charge in [-0.3, -0.25) is 38.9 Å². The molecular formula is C34H35N7O5. The van der Waals surface area contributed by atoms with Gasteiger partial charge in [0.2, 0.25) is 23.3 Å². The number of carbonyl (C=O) groups is 5. The quantitative estimate of drug-likeness (QED) is 0.297. The van der Waals surface area contributed by atoms with Crippen LogP contribution >= 0.6 is 0 Å². The lowest BCUT2D eigenvalue weighted by molar-refractivity contribution is -0.136. The first kappa shape index (κ1) is 29.7. The van der Waals surface area contributed by atoms with Gasteiger partial charge in [-0.15, -0.1) is 0 Å². The van der Waals surface area contributed by atoms with Crippen LogP contribution in [0.1, 0.15) is 91.5 Å². The molecule has 1 aromatic carbocycles. The van der Waals surface area contributed by atoms with Crippen LogP contribution in [0.3, 0.4) is 0 Å². The van der Waals surface area contributed by atoms with E-state index in [-0.39, 0.29) is 46.9 Å². The van der Waals surface area contributed by atoms with Crippen molar-refractivity contribution in [1.29, 1.82) is 0 Å². The summed E-state index contributed by atoms with van der Waals surface area (Å²) in [5, 5.41) is 10.00. The number of nitrogens with zero attached hydrogens (tertiary/aromatic N) is 5. The molecule has 5 fully saturated rings. The van der Waals surface area contributed by atoms with Crippen LogP contribution in [0.5, 0.6) is 0 Å². The van der Waals surface area contributed by atoms with Crippen molar-refractivity contribution in [1.82, 2.24) is 25.3 Å². The van der Waals surface area contributed by atoms with Crippen LogP contribution in [0.15, 0.2) is 30.6 Å². The van der Waals surface area contributed by atoms with E-state index in [2.05, 4.69) is 37.3 Å². The van der Waals surface area contributed by atoms with E-state index in [1.54, 1.807) is 35.3 Å². The summed E-state index contributed by atoms with van der Waals surface area (Å²) < 4.78 is 1.66. The van der Waals surface area contributed by atoms with Crippen molar-refractivity contribution in [3.05, 3.63) is 58.7 Å². The minimum Gasteiger partial charge on any atom is -0.369 e. The van der Waals surface area contributed by atoms with Gasteiger partial charge < -0.3 is 15.1 Å². The van der Waals surface area contributed by atoms with E-state index in [4.69, 9.17) is 6.57 Å². The lowest BCUT2D eigenvalue weighted by Crippen LogP contribution is -2.61. The molecule has 5 amide bonds. The predicted molar refractivity (Wildman–Crippen MR) is 165 cm³/mol. The molecule has 0 radical (unpaired) electrons. The summed E-state index contributed by atoms with van der Waals surface area (Å²) in [5.74, 6) is 4.38. The Morgan fingerprint density at radius 2 is 1.76 bits per heavy atom. The van der Waals surface area contributed by atoms with Gasteiger partial charge in [0.25, 0.3) is 11.8 Å². The number of benzene rings is 1. The van der Waals surface area contributed by atoms with E-state index in [0.29, 0.717) is 18.7 Å². The summed E-state index contributed by atoms with van der Waals surface area (Å²) in [6.45, 7) is 12.6. The summed E-state index contributed by atoms with van der Waals surface area (Å²) in [6.07, 6.45) is 8.69. The van der Waals surface area contributed by atoms with Crippen molar-refractivity contribution in [2.24, 2.45) is 5.92 Å². The smallest absolute Gasteiger partial charge is 0.262 e. The molecule has 3 saturated carbocycles. The van der Waals surface area contributed by atoms with Crippen LogP contribution in [-0.2, 0) is 19.9 Å². The van der Waals surface area contributed by atoms with Gasteiger partial charge in [0.15, 0.2) is 0 Å². The van der Waals surface area contributed by atoms with Crippen LogP contribution in [0, 0.1) is 24.3 Å². The summed E-state index contributed by atoms with van der Waals surface area (Å²) >= 11 is 0. The topological polar surface area (TPSA) is 138 Å². The maximum atomic E-state index is 13.5. The molecule has 12 heteroatoms. The standard InChI is InChI=1S/C34H35N7O5/c1-32(2,31(46)38-34-13-10-33(35-3,11-14-34)12-15-34)40-20-21(17-36-40)4-5-22-18-39(19-22)23-6-7-24-25(16-23)30(45)41(29(24)44)26-8-9-27(42)37-28(26)43/h6-7,16-17,20,22,26H,8-15,18-19H2,1-2H3,(H,38,46)(H,37,42,43). The highest BCUT2D eigenvalue weighted by Gasteiger charge is 2.54. The van der Waals surface area contributed by atoms with E-state index in [9.17, 15) is 24.0 Å². The fraction of sp³-hybridized carbons (Fsp3) is 0.500. The minimum atomic E-state index is -0.993. The van der Waals surface area contributed by atoms with Crippen LogP contribution in [-0.4, -0.2) is 74.4 Å². The van der Waals surface area contributed by atoms with Gasteiger partial charge >= 0.3 is 0 Å². The molecule has 12 nitrogen and oxygen atoms in total. The molecule has 4 heterocycles. The molecular weight excluding hydrogens is 586 g/mol. The average molecular weight is 622 g/mol. The lowest BCUT2D eigenvalue weighted by atomic mass is 9.61. The normalized spacial score (nSPS) is 27.4. The van der Waals surface area contributed by atoms with Crippen molar-refractivity contribution in [3.8, 4) is 11.8 Å². The highest BCUT2D eigenvalue weighted by Crippen LogP contribution is 2.49. The van der Waals surface area contributed by atoms with Gasteiger partial charge in [0.1, 0.15) is 11.6 Å². The van der Waals surface area contributed by atoms with Crippen molar-refractivity contribution >= 4 is 35.2 Å². The zero-order valence-corrected chi connectivity index (χ0v) is 25.9. The largest absolute Gasteiger partial charge is 0.369 e. The third-order valence-electron chi connectivity index (χ3n) is 10.6. The maximum Gasteiger partial charge on any atom is 0.262 e. The number of amides is 5. The molecule has 8 rings (SSSR count). The fourth-order valence-corrected chi connectivity index (χ4v) is 7.33. The first-order chi connectivity index (χ1) is 21.9. The number of anilines is 1. The van der Waals surface area contributed by atoms with Gasteiger partial charge in [0.05, 0.1) is 28.8 Å². The fourth-order valence-electron chi connectivity index (χ4n) is 7.33. The van der Waals surface area contributed by atoms with E-state index < -0.39 is 35.2 Å². The van der Waals surface area contributed by atoms with Gasteiger partial charge in [-0.25, -0.2) is 6.57 Å². The Labute approximate surface area is 266 Å². The summed E-state index contributed by atoms with van der Waals surface area (Å²) in [5.41, 5.74) is 0.641. The maximum absolute atomic E-state index is 13.5. The Morgan fingerprint density at radius 1 is 1.07 bits per heavy atom. The molecule has 2 bridgehead atoms. The van der Waals surface area contributed by atoms with Crippen LogP contribution in [0.2, 0.25) is 0 Å². The second kappa shape index (κ2) is 10.5. The Balaban J connectivity index is 0.959. The Hall–Kier alpha value is -4.97. The number of rotatable bonds is 5. The molecule has 3 aliphatic heterocycles. The number of hydrogen-bond donors (Lipinski definition) is 2. The monoisotopic (exact) mass is 621 g/mol. The van der Waals surface area contributed by atoms with Gasteiger partial charge in [-0.05, 0) is 57.7 Å².